The van der Waals surface area contributed by atoms with E-state index in [9.17, 15) is 14.4 Å². The average Bonchev–Trinajstić information content (AvgIpc) is 3.33. The van der Waals surface area contributed by atoms with Gasteiger partial charge in [-0.25, -0.2) is 0 Å². The van der Waals surface area contributed by atoms with Crippen molar-refractivity contribution < 1.29 is 9.59 Å². The van der Waals surface area contributed by atoms with Crippen LogP contribution in [0.1, 0.15) is 32.1 Å². The molecule has 1 atom stereocenters. The van der Waals surface area contributed by atoms with Gasteiger partial charge in [0, 0.05) is 56.2 Å². The number of benzene rings is 1. The molecule has 1 aromatic carbocycles. The summed E-state index contributed by atoms with van der Waals surface area (Å²) >= 11 is 0. The van der Waals surface area contributed by atoms with Crippen LogP contribution in [-0.4, -0.2) is 52.4 Å². The van der Waals surface area contributed by atoms with Crippen molar-refractivity contribution in [1.29, 1.82) is 0 Å². The lowest BCUT2D eigenvalue weighted by Crippen LogP contribution is -2.37. The van der Waals surface area contributed by atoms with E-state index in [0.717, 1.165) is 24.9 Å². The summed E-state index contributed by atoms with van der Waals surface area (Å²) in [6.07, 6.45) is 6.88. The summed E-state index contributed by atoms with van der Waals surface area (Å²) in [7, 11) is 1.80. The predicted molar refractivity (Wildman–Crippen MR) is 108 cm³/mol. The van der Waals surface area contributed by atoms with E-state index in [-0.39, 0.29) is 29.7 Å². The van der Waals surface area contributed by atoms with Crippen LogP contribution in [0.4, 0.5) is 0 Å². The van der Waals surface area contributed by atoms with E-state index in [1.165, 1.54) is 18.9 Å². The Morgan fingerprint density at radius 2 is 1.89 bits per heavy atom. The Kier molecular flexibility index (Phi) is 5.20. The molecular formula is C22H27N3O3. The van der Waals surface area contributed by atoms with Gasteiger partial charge in [-0.3, -0.25) is 14.4 Å². The molecule has 1 aromatic heterocycles. The van der Waals surface area contributed by atoms with Crippen molar-refractivity contribution in [3.05, 3.63) is 46.8 Å². The van der Waals surface area contributed by atoms with Gasteiger partial charge in [0.15, 0.2) is 5.43 Å². The van der Waals surface area contributed by atoms with Gasteiger partial charge in [-0.1, -0.05) is 25.0 Å². The minimum atomic E-state index is -0.0378. The fourth-order valence-electron chi connectivity index (χ4n) is 4.65. The number of carbonyl (C=O) groups is 2. The average molecular weight is 381 g/mol. The molecule has 1 saturated heterocycles. The largest absolute Gasteiger partial charge is 0.344 e. The lowest BCUT2D eigenvalue weighted by atomic mass is 10.1. The zero-order valence-electron chi connectivity index (χ0n) is 16.3. The standard InChI is InChI=1S/C22H27N3O3/c1-23(13-16-12-21(27)25(14-16)17-6-2-3-7-17)22(28)15-24-11-10-20(26)18-8-4-5-9-19(18)24/h4-5,8-11,16-17H,2-3,6-7,12-15H2,1H3/t16-/m1/s1. The molecule has 0 spiro atoms. The van der Waals surface area contributed by atoms with Crippen molar-refractivity contribution in [1.82, 2.24) is 14.4 Å². The first-order valence-electron chi connectivity index (χ1n) is 10.1. The number of likely N-dealkylation sites (N-methyl/N-ethyl adjacent to an activating group) is 1. The maximum atomic E-state index is 12.8. The number of hydrogen-bond donors (Lipinski definition) is 0. The Hall–Kier alpha value is -2.63. The number of pyridine rings is 1. The molecule has 0 unspecified atom stereocenters. The minimum absolute atomic E-state index is 0.0134. The second kappa shape index (κ2) is 7.78. The number of amides is 2. The molecule has 2 heterocycles. The number of rotatable bonds is 5. The third kappa shape index (κ3) is 3.68. The summed E-state index contributed by atoms with van der Waals surface area (Å²) in [5.74, 6) is 0.428. The first-order chi connectivity index (χ1) is 13.5. The van der Waals surface area contributed by atoms with E-state index in [2.05, 4.69) is 0 Å². The molecule has 2 aromatic rings. The highest BCUT2D eigenvalue weighted by Crippen LogP contribution is 2.29. The Labute approximate surface area is 164 Å². The van der Waals surface area contributed by atoms with Crippen LogP contribution in [0.5, 0.6) is 0 Å². The molecule has 0 bridgehead atoms. The summed E-state index contributed by atoms with van der Waals surface area (Å²) in [4.78, 5) is 40.9. The van der Waals surface area contributed by atoms with Crippen LogP contribution in [0.3, 0.4) is 0 Å². The van der Waals surface area contributed by atoms with Crippen molar-refractivity contribution in [2.45, 2.75) is 44.7 Å². The van der Waals surface area contributed by atoms with Crippen molar-refractivity contribution in [3.8, 4) is 0 Å². The maximum Gasteiger partial charge on any atom is 0.242 e. The number of aromatic nitrogens is 1. The second-order valence-electron chi connectivity index (χ2n) is 8.15. The van der Waals surface area contributed by atoms with Crippen LogP contribution in [0.15, 0.2) is 41.3 Å². The lowest BCUT2D eigenvalue weighted by molar-refractivity contribution is -0.131. The fraction of sp³-hybridized carbons (Fsp3) is 0.500. The molecule has 2 aliphatic rings. The molecule has 148 valence electrons. The molecule has 0 radical (unpaired) electrons. The molecule has 2 amide bonds. The van der Waals surface area contributed by atoms with Gasteiger partial charge in [-0.15, -0.1) is 0 Å². The summed E-state index contributed by atoms with van der Waals surface area (Å²) in [5, 5.41) is 0.619. The van der Waals surface area contributed by atoms with Gasteiger partial charge < -0.3 is 14.4 Å². The monoisotopic (exact) mass is 381 g/mol. The molecule has 28 heavy (non-hydrogen) atoms. The molecule has 1 aliphatic heterocycles. The molecule has 1 aliphatic carbocycles. The third-order valence-electron chi connectivity index (χ3n) is 6.15. The van der Waals surface area contributed by atoms with Gasteiger partial charge in [0.2, 0.25) is 11.8 Å². The van der Waals surface area contributed by atoms with Gasteiger partial charge in [-0.05, 0) is 25.0 Å². The van der Waals surface area contributed by atoms with Crippen molar-refractivity contribution in [2.24, 2.45) is 5.92 Å². The summed E-state index contributed by atoms with van der Waals surface area (Å²) in [6.45, 7) is 1.54. The second-order valence-corrected chi connectivity index (χ2v) is 8.15. The zero-order chi connectivity index (χ0) is 19.7. The van der Waals surface area contributed by atoms with E-state index in [4.69, 9.17) is 0 Å². The Morgan fingerprint density at radius 3 is 2.68 bits per heavy atom. The Morgan fingerprint density at radius 1 is 1.14 bits per heavy atom. The topological polar surface area (TPSA) is 62.6 Å². The summed E-state index contributed by atoms with van der Waals surface area (Å²) in [6, 6.07) is 9.25. The Balaban J connectivity index is 1.40. The smallest absolute Gasteiger partial charge is 0.242 e. The first kappa shape index (κ1) is 18.7. The van der Waals surface area contributed by atoms with Crippen LogP contribution in [0.25, 0.3) is 10.9 Å². The summed E-state index contributed by atoms with van der Waals surface area (Å²) in [5.41, 5.74) is 0.726. The number of carbonyl (C=O) groups excluding carboxylic acids is 2. The fourth-order valence-corrected chi connectivity index (χ4v) is 4.65. The molecule has 1 saturated carbocycles. The molecule has 6 nitrogen and oxygen atoms in total. The highest BCUT2D eigenvalue weighted by Gasteiger charge is 2.36. The number of fused-ring (bicyclic) bond motifs is 1. The van der Waals surface area contributed by atoms with Crippen molar-refractivity contribution in [3.63, 3.8) is 0 Å². The number of hydrogen-bond acceptors (Lipinski definition) is 3. The summed E-state index contributed by atoms with van der Waals surface area (Å²) < 4.78 is 1.82. The van der Waals surface area contributed by atoms with Gasteiger partial charge in [0.1, 0.15) is 6.54 Å². The molecule has 0 N–H and O–H groups in total. The number of para-hydroxylation sites is 1. The first-order valence-corrected chi connectivity index (χ1v) is 10.1. The molecule has 2 fully saturated rings. The Bertz CT molecular complexity index is 945. The van der Waals surface area contributed by atoms with Crippen LogP contribution in [0, 0.1) is 5.92 Å². The van der Waals surface area contributed by atoms with Crippen LogP contribution in [-0.2, 0) is 16.1 Å². The van der Waals surface area contributed by atoms with Gasteiger partial charge in [0.05, 0.1) is 5.52 Å². The minimum Gasteiger partial charge on any atom is -0.344 e. The van der Waals surface area contributed by atoms with Gasteiger partial charge in [0.25, 0.3) is 0 Å². The van der Waals surface area contributed by atoms with Gasteiger partial charge in [-0.2, -0.15) is 0 Å². The number of nitrogens with zero attached hydrogens (tertiary/aromatic N) is 3. The van der Waals surface area contributed by atoms with E-state index in [0.29, 0.717) is 24.4 Å². The normalized spacial score (nSPS) is 20.2. The van der Waals surface area contributed by atoms with Crippen LogP contribution in [0.2, 0.25) is 0 Å². The third-order valence-corrected chi connectivity index (χ3v) is 6.15. The molecule has 4 rings (SSSR count). The number of likely N-dealkylation sites (tertiary alicyclic amines) is 1. The van der Waals surface area contributed by atoms with Crippen LogP contribution >= 0.6 is 0 Å². The van der Waals surface area contributed by atoms with Crippen molar-refractivity contribution in [2.75, 3.05) is 20.1 Å². The van der Waals surface area contributed by atoms with Crippen LogP contribution < -0.4 is 5.43 Å². The van der Waals surface area contributed by atoms with E-state index in [1.54, 1.807) is 24.2 Å². The molecular weight excluding hydrogens is 354 g/mol. The van der Waals surface area contributed by atoms with E-state index >= 15 is 0 Å². The van der Waals surface area contributed by atoms with E-state index in [1.807, 2.05) is 27.7 Å². The predicted octanol–water partition coefficient (Wildman–Crippen LogP) is 2.25. The molecule has 6 heteroatoms. The highest BCUT2D eigenvalue weighted by atomic mass is 16.2. The quantitative estimate of drug-likeness (QED) is 0.798. The van der Waals surface area contributed by atoms with Crippen molar-refractivity contribution >= 4 is 22.7 Å². The van der Waals surface area contributed by atoms with Gasteiger partial charge >= 0.3 is 0 Å². The highest BCUT2D eigenvalue weighted by molar-refractivity contribution is 5.82. The lowest BCUT2D eigenvalue weighted by Gasteiger charge is -2.25. The van der Waals surface area contributed by atoms with E-state index < -0.39 is 0 Å². The SMILES string of the molecule is CN(C[C@H]1CC(=O)N(C2CCCC2)C1)C(=O)Cn1ccc(=O)c2ccccc21. The maximum absolute atomic E-state index is 12.8. The zero-order valence-corrected chi connectivity index (χ0v) is 16.3.